The van der Waals surface area contributed by atoms with Gasteiger partial charge in [0.1, 0.15) is 0 Å². The number of hydrogen-bond acceptors (Lipinski definition) is 4. The maximum Gasteiger partial charge on any atom is 0.227 e. The SMILES string of the molecule is CC(C)C(=O)c1ccc(C(C)C(=O)NC2(CCO)CCOC2)cc1. The van der Waals surface area contributed by atoms with Crippen molar-refractivity contribution in [3.8, 4) is 0 Å². The van der Waals surface area contributed by atoms with Crippen molar-refractivity contribution >= 4 is 11.7 Å². The predicted octanol–water partition coefficient (Wildman–Crippen LogP) is 2.29. The van der Waals surface area contributed by atoms with Gasteiger partial charge in [-0.25, -0.2) is 0 Å². The summed E-state index contributed by atoms with van der Waals surface area (Å²) in [5, 5.41) is 12.3. The molecule has 2 unspecified atom stereocenters. The standard InChI is InChI=1S/C19H27NO4/c1-13(2)17(22)16-6-4-15(5-7-16)14(3)18(23)20-19(8-10-21)9-11-24-12-19/h4-7,13-14,21H,8-12H2,1-3H3,(H,20,23). The van der Waals surface area contributed by atoms with E-state index in [1.807, 2.05) is 32.9 Å². The van der Waals surface area contributed by atoms with Gasteiger partial charge in [-0.1, -0.05) is 38.1 Å². The fraction of sp³-hybridized carbons (Fsp3) is 0.579. The van der Waals surface area contributed by atoms with Crippen molar-refractivity contribution in [3.63, 3.8) is 0 Å². The number of hydrogen-bond donors (Lipinski definition) is 2. The third-order valence-electron chi connectivity index (χ3n) is 4.69. The maximum atomic E-state index is 12.6. The Hall–Kier alpha value is -1.72. The van der Waals surface area contributed by atoms with Gasteiger partial charge in [-0.15, -0.1) is 0 Å². The summed E-state index contributed by atoms with van der Waals surface area (Å²) in [6, 6.07) is 7.24. The van der Waals surface area contributed by atoms with Crippen LogP contribution in [-0.4, -0.2) is 42.2 Å². The quantitative estimate of drug-likeness (QED) is 0.751. The predicted molar refractivity (Wildman–Crippen MR) is 92.0 cm³/mol. The molecule has 1 aromatic rings. The fourth-order valence-corrected chi connectivity index (χ4v) is 2.97. The highest BCUT2D eigenvalue weighted by molar-refractivity contribution is 5.97. The molecular weight excluding hydrogens is 306 g/mol. The highest BCUT2D eigenvalue weighted by Gasteiger charge is 2.36. The van der Waals surface area contributed by atoms with Crippen LogP contribution in [0.4, 0.5) is 0 Å². The minimum absolute atomic E-state index is 0.0179. The highest BCUT2D eigenvalue weighted by atomic mass is 16.5. The van der Waals surface area contributed by atoms with E-state index in [-0.39, 0.29) is 30.1 Å². The largest absolute Gasteiger partial charge is 0.396 e. The number of ketones is 1. The summed E-state index contributed by atoms with van der Waals surface area (Å²) in [5.74, 6) is -0.359. The molecule has 132 valence electrons. The Kier molecular flexibility index (Phi) is 6.13. The Bertz CT molecular complexity index is 574. The van der Waals surface area contributed by atoms with Gasteiger partial charge in [0.2, 0.25) is 5.91 Å². The van der Waals surface area contributed by atoms with Crippen molar-refractivity contribution in [3.05, 3.63) is 35.4 Å². The number of carbonyl (C=O) groups excluding carboxylic acids is 2. The van der Waals surface area contributed by atoms with Crippen LogP contribution in [-0.2, 0) is 9.53 Å². The first kappa shape index (κ1) is 18.6. The first-order valence-corrected chi connectivity index (χ1v) is 8.53. The van der Waals surface area contributed by atoms with Gasteiger partial charge >= 0.3 is 0 Å². The van der Waals surface area contributed by atoms with Crippen LogP contribution in [0, 0.1) is 5.92 Å². The summed E-state index contributed by atoms with van der Waals surface area (Å²) < 4.78 is 5.40. The van der Waals surface area contributed by atoms with E-state index in [4.69, 9.17) is 4.74 Å². The molecule has 1 saturated heterocycles. The minimum atomic E-state index is -0.465. The van der Waals surface area contributed by atoms with Crippen LogP contribution in [0.3, 0.4) is 0 Å². The Labute approximate surface area is 143 Å². The van der Waals surface area contributed by atoms with Gasteiger partial charge < -0.3 is 15.2 Å². The van der Waals surface area contributed by atoms with Crippen LogP contribution < -0.4 is 5.32 Å². The number of amides is 1. The Morgan fingerprint density at radius 1 is 1.25 bits per heavy atom. The summed E-state index contributed by atoms with van der Waals surface area (Å²) in [6.07, 6.45) is 1.21. The summed E-state index contributed by atoms with van der Waals surface area (Å²) in [6.45, 7) is 6.64. The van der Waals surface area contributed by atoms with Gasteiger partial charge in [0, 0.05) is 24.7 Å². The third-order valence-corrected chi connectivity index (χ3v) is 4.69. The van der Waals surface area contributed by atoms with E-state index in [9.17, 15) is 14.7 Å². The number of benzene rings is 1. The summed E-state index contributed by atoms with van der Waals surface area (Å²) >= 11 is 0. The van der Waals surface area contributed by atoms with Crippen LogP contribution in [0.2, 0.25) is 0 Å². The average molecular weight is 333 g/mol. The molecule has 1 fully saturated rings. The van der Waals surface area contributed by atoms with Gasteiger partial charge in [0.05, 0.1) is 18.1 Å². The highest BCUT2D eigenvalue weighted by Crippen LogP contribution is 2.25. The lowest BCUT2D eigenvalue weighted by Crippen LogP contribution is -2.50. The smallest absolute Gasteiger partial charge is 0.227 e. The Morgan fingerprint density at radius 3 is 2.42 bits per heavy atom. The summed E-state index contributed by atoms with van der Waals surface area (Å²) in [5.41, 5.74) is 1.07. The van der Waals surface area contributed by atoms with Crippen molar-refractivity contribution in [1.82, 2.24) is 5.32 Å². The van der Waals surface area contributed by atoms with E-state index in [1.54, 1.807) is 12.1 Å². The minimum Gasteiger partial charge on any atom is -0.396 e. The van der Waals surface area contributed by atoms with Crippen LogP contribution >= 0.6 is 0 Å². The molecule has 5 heteroatoms. The third kappa shape index (κ3) is 4.22. The molecule has 5 nitrogen and oxygen atoms in total. The van der Waals surface area contributed by atoms with E-state index in [1.165, 1.54) is 0 Å². The van der Waals surface area contributed by atoms with Gasteiger partial charge in [-0.3, -0.25) is 9.59 Å². The van der Waals surface area contributed by atoms with E-state index in [0.29, 0.717) is 31.6 Å². The monoisotopic (exact) mass is 333 g/mol. The van der Waals surface area contributed by atoms with Crippen molar-refractivity contribution in [2.24, 2.45) is 5.92 Å². The number of Topliss-reactive ketones (excluding diaryl/α,β-unsaturated/α-hetero) is 1. The van der Waals surface area contributed by atoms with E-state index < -0.39 is 5.54 Å². The van der Waals surface area contributed by atoms with Gasteiger partial charge in [0.25, 0.3) is 0 Å². The van der Waals surface area contributed by atoms with Gasteiger partial charge in [-0.05, 0) is 25.3 Å². The Balaban J connectivity index is 2.06. The summed E-state index contributed by atoms with van der Waals surface area (Å²) in [7, 11) is 0. The molecule has 1 aliphatic rings. The molecular formula is C19H27NO4. The molecule has 2 atom stereocenters. The molecule has 24 heavy (non-hydrogen) atoms. The zero-order chi connectivity index (χ0) is 17.7. The molecule has 0 aromatic heterocycles. The zero-order valence-corrected chi connectivity index (χ0v) is 14.7. The molecule has 0 radical (unpaired) electrons. The van der Waals surface area contributed by atoms with E-state index in [0.717, 1.165) is 5.56 Å². The lowest BCUT2D eigenvalue weighted by Gasteiger charge is -2.29. The second-order valence-electron chi connectivity index (χ2n) is 6.91. The topological polar surface area (TPSA) is 75.6 Å². The van der Waals surface area contributed by atoms with Crippen LogP contribution in [0.5, 0.6) is 0 Å². The molecule has 1 amide bonds. The lowest BCUT2D eigenvalue weighted by molar-refractivity contribution is -0.124. The number of rotatable bonds is 7. The van der Waals surface area contributed by atoms with E-state index in [2.05, 4.69) is 5.32 Å². The summed E-state index contributed by atoms with van der Waals surface area (Å²) in [4.78, 5) is 24.6. The first-order chi connectivity index (χ1) is 11.4. The second kappa shape index (κ2) is 7.90. The van der Waals surface area contributed by atoms with Crippen molar-refractivity contribution in [1.29, 1.82) is 0 Å². The molecule has 0 saturated carbocycles. The number of aliphatic hydroxyl groups is 1. The van der Waals surface area contributed by atoms with Crippen LogP contribution in [0.1, 0.15) is 55.5 Å². The lowest BCUT2D eigenvalue weighted by atomic mass is 9.91. The molecule has 0 spiro atoms. The Morgan fingerprint density at radius 2 is 1.92 bits per heavy atom. The molecule has 0 bridgehead atoms. The fourth-order valence-electron chi connectivity index (χ4n) is 2.97. The zero-order valence-electron chi connectivity index (χ0n) is 14.7. The van der Waals surface area contributed by atoms with Crippen molar-refractivity contribution in [2.75, 3.05) is 19.8 Å². The maximum absolute atomic E-state index is 12.6. The van der Waals surface area contributed by atoms with Gasteiger partial charge in [0.15, 0.2) is 5.78 Å². The average Bonchev–Trinajstić information content (AvgIpc) is 3.02. The normalized spacial score (nSPS) is 21.7. The molecule has 1 aliphatic heterocycles. The van der Waals surface area contributed by atoms with Crippen LogP contribution in [0.15, 0.2) is 24.3 Å². The van der Waals surface area contributed by atoms with Crippen molar-refractivity contribution in [2.45, 2.75) is 45.1 Å². The molecule has 0 aliphatic carbocycles. The number of aliphatic hydroxyl groups excluding tert-OH is 1. The van der Waals surface area contributed by atoms with Gasteiger partial charge in [-0.2, -0.15) is 0 Å². The number of carbonyl (C=O) groups is 2. The number of ether oxygens (including phenoxy) is 1. The molecule has 2 N–H and O–H groups in total. The van der Waals surface area contributed by atoms with Crippen LogP contribution in [0.25, 0.3) is 0 Å². The molecule has 1 heterocycles. The van der Waals surface area contributed by atoms with E-state index >= 15 is 0 Å². The number of nitrogens with one attached hydrogen (secondary N) is 1. The molecule has 2 rings (SSSR count). The molecule has 1 aromatic carbocycles. The first-order valence-electron chi connectivity index (χ1n) is 8.53. The van der Waals surface area contributed by atoms with Crippen molar-refractivity contribution < 1.29 is 19.4 Å². The second-order valence-corrected chi connectivity index (χ2v) is 6.91.